The van der Waals surface area contributed by atoms with Crippen molar-refractivity contribution in [3.8, 4) is 0 Å². The minimum atomic E-state index is -0.491. The Labute approximate surface area is 85.4 Å². The Morgan fingerprint density at radius 3 is 3.07 bits per heavy atom. The molecule has 0 aromatic carbocycles. The molecule has 0 radical (unpaired) electrons. The van der Waals surface area contributed by atoms with Crippen LogP contribution >= 0.6 is 11.6 Å². The van der Waals surface area contributed by atoms with Gasteiger partial charge in [-0.15, -0.1) is 0 Å². The fourth-order valence-corrected chi connectivity index (χ4v) is 1.02. The normalized spacial score (nSPS) is 10.7. The number of nitrogens with zero attached hydrogens (tertiary/aromatic N) is 1. The molecule has 1 aromatic heterocycles. The molecule has 0 bridgehead atoms. The second-order valence-corrected chi connectivity index (χ2v) is 2.99. The summed E-state index contributed by atoms with van der Waals surface area (Å²) in [5.74, 6) is -0.961. The van der Waals surface area contributed by atoms with E-state index in [1.165, 1.54) is 18.2 Å². The van der Waals surface area contributed by atoms with Crippen molar-refractivity contribution < 1.29 is 9.18 Å². The Bertz CT molecular complexity index is 379. The van der Waals surface area contributed by atoms with Crippen LogP contribution in [0.3, 0.4) is 0 Å². The van der Waals surface area contributed by atoms with Gasteiger partial charge in [0.25, 0.3) is 0 Å². The standard InChI is InChI=1S/C9H8ClFN2O/c10-8-4-6(7(11)5-13-8)2-1-3-9(12)14/h1-2,4-5H,3H2,(H2,12,14). The van der Waals surface area contributed by atoms with Gasteiger partial charge in [-0.1, -0.05) is 23.8 Å². The molecule has 0 saturated carbocycles. The van der Waals surface area contributed by atoms with E-state index < -0.39 is 11.7 Å². The van der Waals surface area contributed by atoms with Gasteiger partial charge < -0.3 is 5.73 Å². The van der Waals surface area contributed by atoms with E-state index in [1.54, 1.807) is 0 Å². The van der Waals surface area contributed by atoms with Gasteiger partial charge in [-0.3, -0.25) is 4.79 Å². The summed E-state index contributed by atoms with van der Waals surface area (Å²) >= 11 is 5.55. The summed E-state index contributed by atoms with van der Waals surface area (Å²) in [6.45, 7) is 0. The average molecular weight is 215 g/mol. The first-order valence-electron chi connectivity index (χ1n) is 3.85. The number of hydrogen-bond acceptors (Lipinski definition) is 2. The van der Waals surface area contributed by atoms with E-state index in [0.29, 0.717) is 0 Å². The lowest BCUT2D eigenvalue weighted by Crippen LogP contribution is -2.07. The van der Waals surface area contributed by atoms with E-state index >= 15 is 0 Å². The predicted molar refractivity (Wildman–Crippen MR) is 52.1 cm³/mol. The number of pyridine rings is 1. The number of primary amides is 1. The Morgan fingerprint density at radius 1 is 1.71 bits per heavy atom. The highest BCUT2D eigenvalue weighted by Gasteiger charge is 1.99. The molecular weight excluding hydrogens is 207 g/mol. The first-order valence-corrected chi connectivity index (χ1v) is 4.23. The molecule has 1 aromatic rings. The molecule has 0 aliphatic heterocycles. The lowest BCUT2D eigenvalue weighted by Gasteiger charge is -1.96. The minimum absolute atomic E-state index is 0.0688. The predicted octanol–water partition coefficient (Wildman–Crippen LogP) is 1.76. The monoisotopic (exact) mass is 214 g/mol. The van der Waals surface area contributed by atoms with Crippen LogP contribution in [0, 0.1) is 5.82 Å². The molecule has 0 saturated heterocycles. The van der Waals surface area contributed by atoms with Crippen molar-refractivity contribution in [3.63, 3.8) is 0 Å². The van der Waals surface area contributed by atoms with Crippen molar-refractivity contribution in [3.05, 3.63) is 34.9 Å². The molecule has 0 aliphatic rings. The number of nitrogens with two attached hydrogens (primary N) is 1. The molecule has 74 valence electrons. The Balaban J connectivity index is 2.80. The van der Waals surface area contributed by atoms with Crippen molar-refractivity contribution in [2.75, 3.05) is 0 Å². The third-order valence-corrected chi connectivity index (χ3v) is 1.67. The Hall–Kier alpha value is -1.42. The first-order chi connectivity index (χ1) is 6.59. The van der Waals surface area contributed by atoms with E-state index in [9.17, 15) is 9.18 Å². The van der Waals surface area contributed by atoms with Gasteiger partial charge in [-0.25, -0.2) is 9.37 Å². The van der Waals surface area contributed by atoms with Gasteiger partial charge in [0.1, 0.15) is 11.0 Å². The molecule has 1 rings (SSSR count). The van der Waals surface area contributed by atoms with E-state index in [2.05, 4.69) is 4.98 Å². The molecule has 0 atom stereocenters. The van der Waals surface area contributed by atoms with Crippen LogP contribution in [0.25, 0.3) is 6.08 Å². The maximum Gasteiger partial charge on any atom is 0.221 e. The lowest BCUT2D eigenvalue weighted by molar-refractivity contribution is -0.117. The fourth-order valence-electron chi connectivity index (χ4n) is 0.857. The fraction of sp³-hybridized carbons (Fsp3) is 0.111. The summed E-state index contributed by atoms with van der Waals surface area (Å²) in [5.41, 5.74) is 5.19. The van der Waals surface area contributed by atoms with Gasteiger partial charge in [0.05, 0.1) is 6.20 Å². The largest absolute Gasteiger partial charge is 0.369 e. The number of carbonyl (C=O) groups is 1. The SMILES string of the molecule is NC(=O)CC=Cc1cc(Cl)ncc1F. The highest BCUT2D eigenvalue weighted by molar-refractivity contribution is 6.29. The molecule has 0 spiro atoms. The number of aromatic nitrogens is 1. The zero-order valence-electron chi connectivity index (χ0n) is 7.21. The van der Waals surface area contributed by atoms with Gasteiger partial charge >= 0.3 is 0 Å². The van der Waals surface area contributed by atoms with Gasteiger partial charge in [0.15, 0.2) is 0 Å². The maximum absolute atomic E-state index is 13.0. The molecule has 14 heavy (non-hydrogen) atoms. The van der Waals surface area contributed by atoms with Crippen LogP contribution in [0.4, 0.5) is 4.39 Å². The second-order valence-electron chi connectivity index (χ2n) is 2.60. The molecule has 0 aliphatic carbocycles. The third kappa shape index (κ3) is 3.14. The van der Waals surface area contributed by atoms with Gasteiger partial charge in [-0.2, -0.15) is 0 Å². The highest BCUT2D eigenvalue weighted by atomic mass is 35.5. The van der Waals surface area contributed by atoms with Gasteiger partial charge in [-0.05, 0) is 6.07 Å². The summed E-state index contributed by atoms with van der Waals surface area (Å²) in [4.78, 5) is 13.9. The number of rotatable bonds is 3. The molecule has 1 heterocycles. The number of hydrogen-bond donors (Lipinski definition) is 1. The first kappa shape index (κ1) is 10.7. The average Bonchev–Trinajstić information content (AvgIpc) is 2.10. The van der Waals surface area contributed by atoms with E-state index in [-0.39, 0.29) is 17.1 Å². The molecule has 1 amide bonds. The van der Waals surface area contributed by atoms with Crippen molar-refractivity contribution in [2.45, 2.75) is 6.42 Å². The molecule has 3 nitrogen and oxygen atoms in total. The topological polar surface area (TPSA) is 56.0 Å². The summed E-state index contributed by atoms with van der Waals surface area (Å²) in [7, 11) is 0. The molecule has 0 unspecified atom stereocenters. The maximum atomic E-state index is 13.0. The van der Waals surface area contributed by atoms with Crippen molar-refractivity contribution in [1.29, 1.82) is 0 Å². The van der Waals surface area contributed by atoms with Crippen molar-refractivity contribution in [2.24, 2.45) is 5.73 Å². The summed E-state index contributed by atoms with van der Waals surface area (Å²) < 4.78 is 13.0. The van der Waals surface area contributed by atoms with Gasteiger partial charge in [0.2, 0.25) is 5.91 Å². The molecule has 2 N–H and O–H groups in total. The van der Waals surface area contributed by atoms with Crippen LogP contribution in [0.2, 0.25) is 5.15 Å². The van der Waals surface area contributed by atoms with Crippen LogP contribution in [0.15, 0.2) is 18.3 Å². The minimum Gasteiger partial charge on any atom is -0.369 e. The summed E-state index contributed by atoms with van der Waals surface area (Å²) in [6, 6.07) is 1.37. The highest BCUT2D eigenvalue weighted by Crippen LogP contribution is 2.13. The van der Waals surface area contributed by atoms with Crippen LogP contribution in [-0.2, 0) is 4.79 Å². The Morgan fingerprint density at radius 2 is 2.43 bits per heavy atom. The summed E-state index contributed by atoms with van der Waals surface area (Å²) in [5, 5.41) is 0.199. The van der Waals surface area contributed by atoms with E-state index in [4.69, 9.17) is 17.3 Å². The molecular formula is C9H8ClFN2O. The molecule has 5 heteroatoms. The van der Waals surface area contributed by atoms with Crippen LogP contribution in [-0.4, -0.2) is 10.9 Å². The van der Waals surface area contributed by atoms with Crippen LogP contribution in [0.1, 0.15) is 12.0 Å². The van der Waals surface area contributed by atoms with E-state index in [0.717, 1.165) is 6.20 Å². The summed E-state index contributed by atoms with van der Waals surface area (Å²) in [6.07, 6.45) is 4.00. The van der Waals surface area contributed by atoms with Crippen molar-refractivity contribution >= 4 is 23.6 Å². The third-order valence-electron chi connectivity index (χ3n) is 1.47. The smallest absolute Gasteiger partial charge is 0.221 e. The van der Waals surface area contributed by atoms with Crippen molar-refractivity contribution in [1.82, 2.24) is 4.98 Å². The Kier molecular flexibility index (Phi) is 3.59. The zero-order chi connectivity index (χ0) is 10.6. The zero-order valence-corrected chi connectivity index (χ0v) is 7.96. The van der Waals surface area contributed by atoms with Crippen LogP contribution in [0.5, 0.6) is 0 Å². The lowest BCUT2D eigenvalue weighted by atomic mass is 10.2. The quantitative estimate of drug-likeness (QED) is 0.780. The van der Waals surface area contributed by atoms with Gasteiger partial charge in [0, 0.05) is 12.0 Å². The molecule has 0 fully saturated rings. The number of halogens is 2. The number of amides is 1. The van der Waals surface area contributed by atoms with Crippen LogP contribution < -0.4 is 5.73 Å². The number of carbonyl (C=O) groups excluding carboxylic acids is 1. The van der Waals surface area contributed by atoms with E-state index in [1.807, 2.05) is 0 Å². The second kappa shape index (κ2) is 4.72.